The highest BCUT2D eigenvalue weighted by Gasteiger charge is 2.20. The normalized spacial score (nSPS) is 11.6. The van der Waals surface area contributed by atoms with Gasteiger partial charge in [0.15, 0.2) is 6.10 Å². The second-order valence-corrected chi connectivity index (χ2v) is 5.67. The van der Waals surface area contributed by atoms with Gasteiger partial charge in [-0.3, -0.25) is 4.79 Å². The van der Waals surface area contributed by atoms with E-state index >= 15 is 0 Å². The van der Waals surface area contributed by atoms with Crippen molar-refractivity contribution in [2.75, 3.05) is 6.54 Å². The lowest BCUT2D eigenvalue weighted by molar-refractivity contribution is -0.129. The molecule has 2 N–H and O–H groups in total. The summed E-state index contributed by atoms with van der Waals surface area (Å²) in [5.41, 5.74) is 1.07. The van der Waals surface area contributed by atoms with Crippen LogP contribution in [-0.4, -0.2) is 29.6 Å². The summed E-state index contributed by atoms with van der Waals surface area (Å²) in [6, 6.07) is 13.8. The number of amides is 1. The highest BCUT2D eigenvalue weighted by molar-refractivity contribution is 6.30. The van der Waals surface area contributed by atoms with Crippen molar-refractivity contribution in [3.05, 3.63) is 64.7 Å². The summed E-state index contributed by atoms with van der Waals surface area (Å²) in [6.45, 7) is 1.92. The lowest BCUT2D eigenvalue weighted by Gasteiger charge is -2.14. The predicted octanol–water partition coefficient (Wildman–Crippen LogP) is 2.95. The van der Waals surface area contributed by atoms with Crippen LogP contribution in [0.15, 0.2) is 48.5 Å². The maximum absolute atomic E-state index is 12.0. The molecule has 0 unspecified atom stereocenters. The zero-order valence-corrected chi connectivity index (χ0v) is 13.9. The van der Waals surface area contributed by atoms with Gasteiger partial charge >= 0.3 is 5.97 Å². The minimum Gasteiger partial charge on any atom is -0.507 e. The number of aromatic hydroxyl groups is 1. The molecule has 2 aromatic rings. The quantitative estimate of drug-likeness (QED) is 0.788. The van der Waals surface area contributed by atoms with Crippen LogP contribution >= 0.6 is 11.6 Å². The van der Waals surface area contributed by atoms with E-state index in [1.165, 1.54) is 25.1 Å². The van der Waals surface area contributed by atoms with Crippen LogP contribution in [0.4, 0.5) is 0 Å². The highest BCUT2D eigenvalue weighted by Crippen LogP contribution is 2.22. The lowest BCUT2D eigenvalue weighted by Crippen LogP contribution is -2.36. The van der Waals surface area contributed by atoms with Crippen LogP contribution in [0.2, 0.25) is 5.02 Å². The molecule has 2 aromatic carbocycles. The molecule has 0 aliphatic heterocycles. The number of esters is 1. The van der Waals surface area contributed by atoms with Gasteiger partial charge in [0, 0.05) is 11.6 Å². The number of carbonyl (C=O) groups excluding carboxylic acids is 2. The smallest absolute Gasteiger partial charge is 0.342 e. The SMILES string of the molecule is C[C@H](OC(=O)c1ccc(Cl)cc1O)C(=O)NCCc1ccccc1. The maximum atomic E-state index is 12.0. The molecule has 0 aromatic heterocycles. The molecule has 1 amide bonds. The standard InChI is InChI=1S/C18H18ClNO4/c1-12(17(22)20-10-9-13-5-3-2-4-6-13)24-18(23)15-8-7-14(19)11-16(15)21/h2-8,11-12,21H,9-10H2,1H3,(H,20,22)/t12-/m0/s1. The fourth-order valence-corrected chi connectivity index (χ4v) is 2.24. The number of hydrogen-bond donors (Lipinski definition) is 2. The van der Waals surface area contributed by atoms with Gasteiger partial charge in [-0.25, -0.2) is 4.79 Å². The number of phenols is 1. The van der Waals surface area contributed by atoms with Crippen molar-refractivity contribution in [2.45, 2.75) is 19.4 Å². The average Bonchev–Trinajstić information content (AvgIpc) is 2.55. The Hall–Kier alpha value is -2.53. The van der Waals surface area contributed by atoms with E-state index in [9.17, 15) is 14.7 Å². The van der Waals surface area contributed by atoms with E-state index < -0.39 is 18.0 Å². The van der Waals surface area contributed by atoms with Crippen LogP contribution in [0.3, 0.4) is 0 Å². The third kappa shape index (κ3) is 4.99. The molecule has 0 saturated carbocycles. The molecular weight excluding hydrogens is 330 g/mol. The summed E-state index contributed by atoms with van der Waals surface area (Å²) < 4.78 is 5.07. The van der Waals surface area contributed by atoms with E-state index in [-0.39, 0.29) is 11.3 Å². The van der Waals surface area contributed by atoms with Crippen molar-refractivity contribution in [3.63, 3.8) is 0 Å². The summed E-state index contributed by atoms with van der Waals surface area (Å²) in [5.74, 6) is -1.47. The molecule has 0 bridgehead atoms. The molecule has 5 nitrogen and oxygen atoms in total. The van der Waals surface area contributed by atoms with E-state index in [0.717, 1.165) is 5.56 Å². The molecule has 6 heteroatoms. The van der Waals surface area contributed by atoms with Gasteiger partial charge in [0.25, 0.3) is 5.91 Å². The van der Waals surface area contributed by atoms with Crippen LogP contribution in [0.5, 0.6) is 5.75 Å². The number of ether oxygens (including phenoxy) is 1. The number of phenolic OH excluding ortho intramolecular Hbond substituents is 1. The Morgan fingerprint density at radius 1 is 1.21 bits per heavy atom. The Bertz CT molecular complexity index is 718. The van der Waals surface area contributed by atoms with Crippen LogP contribution in [-0.2, 0) is 16.0 Å². The van der Waals surface area contributed by atoms with Gasteiger partial charge in [-0.1, -0.05) is 41.9 Å². The lowest BCUT2D eigenvalue weighted by atomic mass is 10.1. The highest BCUT2D eigenvalue weighted by atomic mass is 35.5. The van der Waals surface area contributed by atoms with E-state index in [0.29, 0.717) is 18.0 Å². The first-order valence-electron chi connectivity index (χ1n) is 7.48. The molecule has 126 valence electrons. The molecule has 0 aliphatic rings. The number of hydrogen-bond acceptors (Lipinski definition) is 4. The van der Waals surface area contributed by atoms with Crippen molar-refractivity contribution in [3.8, 4) is 5.75 Å². The Kier molecular flexibility index (Phi) is 6.21. The van der Waals surface area contributed by atoms with Gasteiger partial charge < -0.3 is 15.2 Å². The summed E-state index contributed by atoms with van der Waals surface area (Å²) >= 11 is 5.71. The van der Waals surface area contributed by atoms with Crippen molar-refractivity contribution in [1.82, 2.24) is 5.32 Å². The number of halogens is 1. The minimum atomic E-state index is -0.969. The second-order valence-electron chi connectivity index (χ2n) is 5.24. The summed E-state index contributed by atoms with van der Waals surface area (Å²) in [4.78, 5) is 23.9. The number of carbonyl (C=O) groups is 2. The molecule has 0 heterocycles. The molecule has 1 atom stereocenters. The van der Waals surface area contributed by atoms with Gasteiger partial charge in [-0.05, 0) is 37.1 Å². The molecule has 0 radical (unpaired) electrons. The first-order chi connectivity index (χ1) is 11.5. The van der Waals surface area contributed by atoms with Gasteiger partial charge in [0.1, 0.15) is 11.3 Å². The van der Waals surface area contributed by atoms with Crippen molar-refractivity contribution in [2.24, 2.45) is 0 Å². The maximum Gasteiger partial charge on any atom is 0.342 e. The zero-order valence-electron chi connectivity index (χ0n) is 13.2. The third-order valence-corrected chi connectivity index (χ3v) is 3.62. The van der Waals surface area contributed by atoms with E-state index in [2.05, 4.69) is 5.32 Å². The minimum absolute atomic E-state index is 0.0386. The first kappa shape index (κ1) is 17.8. The summed E-state index contributed by atoms with van der Waals surface area (Å²) in [7, 11) is 0. The topological polar surface area (TPSA) is 75.6 Å². The van der Waals surface area contributed by atoms with E-state index in [1.807, 2.05) is 30.3 Å². The molecule has 24 heavy (non-hydrogen) atoms. The Balaban J connectivity index is 1.83. The van der Waals surface area contributed by atoms with E-state index in [1.54, 1.807) is 0 Å². The van der Waals surface area contributed by atoms with E-state index in [4.69, 9.17) is 16.3 Å². The van der Waals surface area contributed by atoms with Gasteiger partial charge in [-0.2, -0.15) is 0 Å². The van der Waals surface area contributed by atoms with Crippen molar-refractivity contribution < 1.29 is 19.4 Å². The largest absolute Gasteiger partial charge is 0.507 e. The van der Waals surface area contributed by atoms with Gasteiger partial charge in [-0.15, -0.1) is 0 Å². The Morgan fingerprint density at radius 3 is 2.58 bits per heavy atom. The predicted molar refractivity (Wildman–Crippen MR) is 91.2 cm³/mol. The molecule has 0 spiro atoms. The number of nitrogens with one attached hydrogen (secondary N) is 1. The molecular formula is C18H18ClNO4. The third-order valence-electron chi connectivity index (χ3n) is 3.39. The molecule has 2 rings (SSSR count). The second kappa shape index (κ2) is 8.36. The molecule has 0 fully saturated rings. The van der Waals surface area contributed by atoms with Crippen LogP contribution in [0.25, 0.3) is 0 Å². The van der Waals surface area contributed by atoms with Gasteiger partial charge in [0.05, 0.1) is 0 Å². The molecule has 0 saturated heterocycles. The van der Waals surface area contributed by atoms with Gasteiger partial charge in [0.2, 0.25) is 0 Å². The summed E-state index contributed by atoms with van der Waals surface area (Å²) in [6.07, 6.45) is -0.283. The van der Waals surface area contributed by atoms with Crippen LogP contribution in [0.1, 0.15) is 22.8 Å². The zero-order chi connectivity index (χ0) is 17.5. The fourth-order valence-electron chi connectivity index (χ4n) is 2.07. The first-order valence-corrected chi connectivity index (χ1v) is 7.86. The number of rotatable bonds is 6. The summed E-state index contributed by atoms with van der Waals surface area (Å²) in [5, 5.41) is 12.7. The van der Waals surface area contributed by atoms with Crippen LogP contribution in [0, 0.1) is 0 Å². The Morgan fingerprint density at radius 2 is 1.92 bits per heavy atom. The fraction of sp³-hybridized carbons (Fsp3) is 0.222. The number of benzene rings is 2. The average molecular weight is 348 g/mol. The Labute approximate surface area is 145 Å². The monoisotopic (exact) mass is 347 g/mol. The molecule has 0 aliphatic carbocycles. The van der Waals surface area contributed by atoms with Crippen LogP contribution < -0.4 is 5.32 Å². The van der Waals surface area contributed by atoms with Crippen molar-refractivity contribution in [1.29, 1.82) is 0 Å². The van der Waals surface area contributed by atoms with Crippen molar-refractivity contribution >= 4 is 23.5 Å².